The second-order valence-electron chi connectivity index (χ2n) is 4.31. The fraction of sp³-hybridized carbons (Fsp3) is 0.615. The summed E-state index contributed by atoms with van der Waals surface area (Å²) in [5.74, 6) is 0. The van der Waals surface area contributed by atoms with E-state index in [9.17, 15) is 13.2 Å². The second kappa shape index (κ2) is 8.89. The number of nitrogens with zero attached hydrogens (tertiary/aromatic N) is 1. The molecular formula is C13H20F3N3O. The third kappa shape index (κ3) is 6.83. The van der Waals surface area contributed by atoms with Gasteiger partial charge in [-0.2, -0.15) is 13.2 Å². The van der Waals surface area contributed by atoms with Gasteiger partial charge in [-0.3, -0.25) is 4.98 Å². The van der Waals surface area contributed by atoms with Crippen molar-refractivity contribution in [3.05, 3.63) is 29.6 Å². The van der Waals surface area contributed by atoms with Crippen molar-refractivity contribution >= 4 is 0 Å². The number of pyridine rings is 1. The standard InChI is InChI=1S/C13H20F3N3O/c1-20-8-7-17-5-2-6-18-10-12-4-3-11(9-19-12)13(14,15)16/h3-4,9,17-18H,2,5-8,10H2,1H3. The molecule has 0 aromatic carbocycles. The molecule has 114 valence electrons. The Labute approximate surface area is 116 Å². The number of hydrogen-bond donors (Lipinski definition) is 2. The lowest BCUT2D eigenvalue weighted by molar-refractivity contribution is -0.137. The zero-order valence-electron chi connectivity index (χ0n) is 11.5. The van der Waals surface area contributed by atoms with Crippen LogP contribution in [0.4, 0.5) is 13.2 Å². The summed E-state index contributed by atoms with van der Waals surface area (Å²) in [4.78, 5) is 3.79. The molecule has 1 aromatic rings. The van der Waals surface area contributed by atoms with Crippen molar-refractivity contribution in [1.82, 2.24) is 15.6 Å². The summed E-state index contributed by atoms with van der Waals surface area (Å²) in [5, 5.41) is 6.34. The van der Waals surface area contributed by atoms with E-state index < -0.39 is 11.7 Å². The van der Waals surface area contributed by atoms with E-state index in [0.717, 1.165) is 38.3 Å². The van der Waals surface area contributed by atoms with Crippen LogP contribution in [0.5, 0.6) is 0 Å². The van der Waals surface area contributed by atoms with E-state index in [2.05, 4.69) is 15.6 Å². The van der Waals surface area contributed by atoms with E-state index in [4.69, 9.17) is 4.74 Å². The number of methoxy groups -OCH3 is 1. The van der Waals surface area contributed by atoms with Crippen LogP contribution in [0.2, 0.25) is 0 Å². The maximum absolute atomic E-state index is 12.3. The first-order chi connectivity index (χ1) is 9.54. The average Bonchev–Trinajstić information content (AvgIpc) is 2.41. The Morgan fingerprint density at radius 1 is 1.15 bits per heavy atom. The van der Waals surface area contributed by atoms with Gasteiger partial charge in [-0.15, -0.1) is 0 Å². The third-order valence-electron chi connectivity index (χ3n) is 2.65. The van der Waals surface area contributed by atoms with E-state index in [1.165, 1.54) is 6.07 Å². The molecule has 1 aromatic heterocycles. The number of alkyl halides is 3. The molecule has 4 nitrogen and oxygen atoms in total. The van der Waals surface area contributed by atoms with Crippen molar-refractivity contribution in [2.45, 2.75) is 19.1 Å². The lowest BCUT2D eigenvalue weighted by Gasteiger charge is -2.08. The van der Waals surface area contributed by atoms with Crippen molar-refractivity contribution in [2.24, 2.45) is 0 Å². The first-order valence-electron chi connectivity index (χ1n) is 6.46. The molecule has 20 heavy (non-hydrogen) atoms. The summed E-state index contributed by atoms with van der Waals surface area (Å²) >= 11 is 0. The quantitative estimate of drug-likeness (QED) is 0.681. The SMILES string of the molecule is COCCNCCCNCc1ccc(C(F)(F)F)cn1. The average molecular weight is 291 g/mol. The van der Waals surface area contributed by atoms with Crippen molar-refractivity contribution in [2.75, 3.05) is 33.4 Å². The topological polar surface area (TPSA) is 46.2 Å². The van der Waals surface area contributed by atoms with E-state index in [-0.39, 0.29) is 0 Å². The van der Waals surface area contributed by atoms with Gasteiger partial charge in [-0.25, -0.2) is 0 Å². The van der Waals surface area contributed by atoms with Gasteiger partial charge in [0.2, 0.25) is 0 Å². The first kappa shape index (κ1) is 16.9. The number of aromatic nitrogens is 1. The maximum Gasteiger partial charge on any atom is 0.417 e. The van der Waals surface area contributed by atoms with Crippen molar-refractivity contribution in [3.63, 3.8) is 0 Å². The molecule has 1 rings (SSSR count). The van der Waals surface area contributed by atoms with E-state index in [0.29, 0.717) is 18.8 Å². The summed E-state index contributed by atoms with van der Waals surface area (Å²) in [6.07, 6.45) is -2.53. The highest BCUT2D eigenvalue weighted by Gasteiger charge is 2.30. The Morgan fingerprint density at radius 2 is 1.90 bits per heavy atom. The molecule has 0 aliphatic rings. The molecule has 0 aliphatic heterocycles. The molecule has 1 heterocycles. The summed E-state index contributed by atoms with van der Waals surface area (Å²) in [6, 6.07) is 2.45. The van der Waals surface area contributed by atoms with Gasteiger partial charge in [0.05, 0.1) is 17.9 Å². The fourth-order valence-corrected chi connectivity index (χ4v) is 1.55. The van der Waals surface area contributed by atoms with Gasteiger partial charge in [0, 0.05) is 26.4 Å². The zero-order chi connectivity index (χ0) is 14.8. The van der Waals surface area contributed by atoms with Gasteiger partial charge in [0.25, 0.3) is 0 Å². The minimum Gasteiger partial charge on any atom is -0.383 e. The third-order valence-corrected chi connectivity index (χ3v) is 2.65. The maximum atomic E-state index is 12.3. The second-order valence-corrected chi connectivity index (χ2v) is 4.31. The van der Waals surface area contributed by atoms with Crippen LogP contribution in [0.25, 0.3) is 0 Å². The normalized spacial score (nSPS) is 11.8. The van der Waals surface area contributed by atoms with Crippen LogP contribution < -0.4 is 10.6 Å². The van der Waals surface area contributed by atoms with Gasteiger partial charge < -0.3 is 15.4 Å². The number of halogens is 3. The van der Waals surface area contributed by atoms with Crippen molar-refractivity contribution in [1.29, 1.82) is 0 Å². The molecular weight excluding hydrogens is 271 g/mol. The molecule has 0 aliphatic carbocycles. The minimum atomic E-state index is -4.33. The lowest BCUT2D eigenvalue weighted by atomic mass is 10.2. The molecule has 0 unspecified atom stereocenters. The lowest BCUT2D eigenvalue weighted by Crippen LogP contribution is -2.24. The van der Waals surface area contributed by atoms with Crippen molar-refractivity contribution in [3.8, 4) is 0 Å². The van der Waals surface area contributed by atoms with Gasteiger partial charge in [0.15, 0.2) is 0 Å². The first-order valence-corrected chi connectivity index (χ1v) is 6.46. The smallest absolute Gasteiger partial charge is 0.383 e. The Kier molecular flexibility index (Phi) is 7.50. The van der Waals surface area contributed by atoms with Gasteiger partial charge in [0.1, 0.15) is 0 Å². The van der Waals surface area contributed by atoms with E-state index in [1.807, 2.05) is 0 Å². The number of ether oxygens (including phenoxy) is 1. The van der Waals surface area contributed by atoms with E-state index in [1.54, 1.807) is 7.11 Å². The molecule has 2 N–H and O–H groups in total. The molecule has 0 atom stereocenters. The Balaban J connectivity index is 2.13. The molecule has 0 spiro atoms. The molecule has 0 bridgehead atoms. The molecule has 0 saturated carbocycles. The van der Waals surface area contributed by atoms with Crippen molar-refractivity contribution < 1.29 is 17.9 Å². The van der Waals surface area contributed by atoms with Gasteiger partial charge >= 0.3 is 6.18 Å². The highest BCUT2D eigenvalue weighted by Crippen LogP contribution is 2.28. The van der Waals surface area contributed by atoms with Crippen LogP contribution in [-0.4, -0.2) is 38.3 Å². The number of hydrogen-bond acceptors (Lipinski definition) is 4. The number of nitrogens with one attached hydrogen (secondary N) is 2. The monoisotopic (exact) mass is 291 g/mol. The Hall–Kier alpha value is -1.18. The highest BCUT2D eigenvalue weighted by atomic mass is 19.4. The summed E-state index contributed by atoms with van der Waals surface area (Å²) in [5.41, 5.74) is -0.117. The minimum absolute atomic E-state index is 0.468. The predicted molar refractivity (Wildman–Crippen MR) is 70.3 cm³/mol. The Morgan fingerprint density at radius 3 is 2.50 bits per heavy atom. The zero-order valence-corrected chi connectivity index (χ0v) is 11.5. The molecule has 0 saturated heterocycles. The van der Waals surface area contributed by atoms with Gasteiger partial charge in [-0.05, 0) is 31.6 Å². The molecule has 0 radical (unpaired) electrons. The van der Waals surface area contributed by atoms with Crippen LogP contribution in [0.1, 0.15) is 17.7 Å². The fourth-order valence-electron chi connectivity index (χ4n) is 1.55. The highest BCUT2D eigenvalue weighted by molar-refractivity contribution is 5.16. The Bertz CT molecular complexity index is 368. The molecule has 0 fully saturated rings. The van der Waals surface area contributed by atoms with Crippen LogP contribution in [0.3, 0.4) is 0 Å². The summed E-state index contributed by atoms with van der Waals surface area (Å²) in [6.45, 7) is 3.62. The van der Waals surface area contributed by atoms with Gasteiger partial charge in [-0.1, -0.05) is 0 Å². The largest absolute Gasteiger partial charge is 0.417 e. The van der Waals surface area contributed by atoms with Crippen LogP contribution in [0, 0.1) is 0 Å². The summed E-state index contributed by atoms with van der Waals surface area (Å²) < 4.78 is 41.9. The summed E-state index contributed by atoms with van der Waals surface area (Å²) in [7, 11) is 1.65. The van der Waals surface area contributed by atoms with E-state index >= 15 is 0 Å². The van der Waals surface area contributed by atoms with Crippen LogP contribution >= 0.6 is 0 Å². The predicted octanol–water partition coefficient (Wildman–Crippen LogP) is 1.82. The van der Waals surface area contributed by atoms with Crippen LogP contribution in [0.15, 0.2) is 18.3 Å². The molecule has 7 heteroatoms. The molecule has 0 amide bonds. The number of rotatable bonds is 9. The van der Waals surface area contributed by atoms with Crippen LogP contribution in [-0.2, 0) is 17.5 Å².